The molecule has 1 heterocycles. The number of aliphatic hydroxyl groups is 1. The van der Waals surface area contributed by atoms with Gasteiger partial charge in [0.2, 0.25) is 0 Å². The number of hydrogen-bond acceptors (Lipinski definition) is 3. The van der Waals surface area contributed by atoms with Crippen molar-refractivity contribution in [3.05, 3.63) is 0 Å². The minimum atomic E-state index is -2.24. The lowest BCUT2D eigenvalue weighted by atomic mass is 9.96. The van der Waals surface area contributed by atoms with E-state index in [0.717, 1.165) is 6.42 Å². The SMILES string of the molecule is CC(C)(CC[C@H]1OCC[C@@H](F)[C@@H]1O)[Si](C)(C)O. The second kappa shape index (κ2) is 5.34. The molecule has 0 aliphatic carbocycles. The first-order valence-electron chi connectivity index (χ1n) is 6.31. The van der Waals surface area contributed by atoms with Crippen molar-refractivity contribution in [1.82, 2.24) is 0 Å². The smallest absolute Gasteiger partial charge is 0.188 e. The molecule has 0 amide bonds. The van der Waals surface area contributed by atoms with E-state index in [1.165, 1.54) is 0 Å². The topological polar surface area (TPSA) is 49.7 Å². The van der Waals surface area contributed by atoms with Crippen molar-refractivity contribution >= 4 is 8.32 Å². The van der Waals surface area contributed by atoms with Crippen molar-refractivity contribution in [1.29, 1.82) is 0 Å². The van der Waals surface area contributed by atoms with Gasteiger partial charge in [-0.25, -0.2) is 4.39 Å². The predicted octanol–water partition coefficient (Wildman–Crippen LogP) is 2.23. The first kappa shape index (κ1) is 15.1. The van der Waals surface area contributed by atoms with Crippen molar-refractivity contribution in [2.75, 3.05) is 6.61 Å². The molecule has 3 atom stereocenters. The molecule has 2 N–H and O–H groups in total. The van der Waals surface area contributed by atoms with E-state index in [2.05, 4.69) is 0 Å². The summed E-state index contributed by atoms with van der Waals surface area (Å²) < 4.78 is 18.7. The molecule has 0 aromatic heterocycles. The van der Waals surface area contributed by atoms with E-state index in [1.54, 1.807) is 0 Å². The molecular weight excluding hydrogens is 239 g/mol. The Bertz CT molecular complexity index is 253. The van der Waals surface area contributed by atoms with Crippen molar-refractivity contribution in [2.24, 2.45) is 0 Å². The lowest BCUT2D eigenvalue weighted by Crippen LogP contribution is -2.44. The Hall–Kier alpha value is 0.0269. The summed E-state index contributed by atoms with van der Waals surface area (Å²) in [5.41, 5.74) is 0. The fourth-order valence-electron chi connectivity index (χ4n) is 1.90. The lowest BCUT2D eigenvalue weighted by molar-refractivity contribution is -0.115. The Morgan fingerprint density at radius 2 is 2.00 bits per heavy atom. The number of hydrogen-bond donors (Lipinski definition) is 2. The molecule has 17 heavy (non-hydrogen) atoms. The summed E-state index contributed by atoms with van der Waals surface area (Å²) in [5, 5.41) is 9.53. The molecule has 0 saturated carbocycles. The van der Waals surface area contributed by atoms with Crippen molar-refractivity contribution < 1.29 is 19.0 Å². The van der Waals surface area contributed by atoms with E-state index in [4.69, 9.17) is 4.74 Å². The molecule has 5 heteroatoms. The van der Waals surface area contributed by atoms with E-state index in [0.29, 0.717) is 13.0 Å². The fourth-order valence-corrected chi connectivity index (χ4v) is 2.65. The monoisotopic (exact) mass is 264 g/mol. The second-order valence-corrected chi connectivity index (χ2v) is 10.7. The van der Waals surface area contributed by atoms with Crippen molar-refractivity contribution in [2.45, 2.75) is 69.6 Å². The summed E-state index contributed by atoms with van der Waals surface area (Å²) in [6.07, 6.45) is -0.974. The molecule has 1 aliphatic rings. The van der Waals surface area contributed by atoms with Crippen LogP contribution >= 0.6 is 0 Å². The maximum absolute atomic E-state index is 13.3. The number of ether oxygens (including phenoxy) is 1. The van der Waals surface area contributed by atoms with Gasteiger partial charge in [0.15, 0.2) is 8.32 Å². The fraction of sp³-hybridized carbons (Fsp3) is 1.00. The highest BCUT2D eigenvalue weighted by molar-refractivity contribution is 6.72. The van der Waals surface area contributed by atoms with Gasteiger partial charge < -0.3 is 14.6 Å². The molecule has 0 unspecified atom stereocenters. The molecule has 102 valence electrons. The molecule has 3 nitrogen and oxygen atoms in total. The van der Waals surface area contributed by atoms with Gasteiger partial charge in [0, 0.05) is 13.0 Å². The van der Waals surface area contributed by atoms with Crippen LogP contribution in [-0.4, -0.2) is 43.2 Å². The van der Waals surface area contributed by atoms with Crippen LogP contribution < -0.4 is 0 Å². The van der Waals surface area contributed by atoms with E-state index in [1.807, 2.05) is 26.9 Å². The van der Waals surface area contributed by atoms with Crippen LogP contribution in [0.3, 0.4) is 0 Å². The number of alkyl halides is 1. The van der Waals surface area contributed by atoms with Gasteiger partial charge in [-0.15, -0.1) is 0 Å². The summed E-state index contributed by atoms with van der Waals surface area (Å²) in [4.78, 5) is 10.2. The van der Waals surface area contributed by atoms with Crippen molar-refractivity contribution in [3.63, 3.8) is 0 Å². The van der Waals surface area contributed by atoms with Gasteiger partial charge in [0.25, 0.3) is 0 Å². The summed E-state index contributed by atoms with van der Waals surface area (Å²) in [5.74, 6) is 0. The van der Waals surface area contributed by atoms with E-state index in [9.17, 15) is 14.3 Å². The van der Waals surface area contributed by atoms with Gasteiger partial charge in [-0.3, -0.25) is 0 Å². The summed E-state index contributed by atoms with van der Waals surface area (Å²) in [7, 11) is -2.24. The third-order valence-corrected chi connectivity index (χ3v) is 7.75. The third-order valence-electron chi connectivity index (χ3n) is 4.19. The molecule has 0 radical (unpaired) electrons. The normalized spacial score (nSPS) is 31.6. The zero-order chi connectivity index (χ0) is 13.3. The third kappa shape index (κ3) is 3.74. The average Bonchev–Trinajstić information content (AvgIpc) is 2.18. The molecule has 0 spiro atoms. The number of rotatable bonds is 4. The van der Waals surface area contributed by atoms with Crippen LogP contribution in [0.5, 0.6) is 0 Å². The number of aliphatic hydroxyl groups excluding tert-OH is 1. The van der Waals surface area contributed by atoms with Gasteiger partial charge in [-0.2, -0.15) is 0 Å². The van der Waals surface area contributed by atoms with Crippen LogP contribution in [0.2, 0.25) is 18.1 Å². The van der Waals surface area contributed by atoms with E-state index < -0.39 is 26.7 Å². The van der Waals surface area contributed by atoms with E-state index in [-0.39, 0.29) is 11.5 Å². The maximum Gasteiger partial charge on any atom is 0.188 e. The van der Waals surface area contributed by atoms with Gasteiger partial charge in [-0.1, -0.05) is 13.8 Å². The maximum atomic E-state index is 13.3. The first-order valence-corrected chi connectivity index (χ1v) is 9.26. The Morgan fingerprint density at radius 3 is 2.53 bits per heavy atom. The lowest BCUT2D eigenvalue weighted by Gasteiger charge is -2.38. The predicted molar refractivity (Wildman–Crippen MR) is 68.2 cm³/mol. The Labute approximate surface area is 104 Å². The van der Waals surface area contributed by atoms with Gasteiger partial charge >= 0.3 is 0 Å². The van der Waals surface area contributed by atoms with Crippen molar-refractivity contribution in [3.8, 4) is 0 Å². The zero-order valence-electron chi connectivity index (χ0n) is 11.2. The van der Waals surface area contributed by atoms with Crippen LogP contribution in [0.1, 0.15) is 33.1 Å². The molecule has 0 aromatic rings. The average molecular weight is 264 g/mol. The van der Waals surface area contributed by atoms with Gasteiger partial charge in [0.05, 0.1) is 6.10 Å². The minimum absolute atomic E-state index is 0.153. The standard InChI is InChI=1S/C12H25FO3Si/c1-12(2,17(3,4)15)7-5-10-11(14)9(13)6-8-16-10/h9-11,14-15H,5-8H2,1-4H3/t9-,10-,11+/m1/s1. The summed E-state index contributed by atoms with van der Waals surface area (Å²) in [6.45, 7) is 8.25. The molecule has 1 rings (SSSR count). The largest absolute Gasteiger partial charge is 0.432 e. The first-order chi connectivity index (χ1) is 7.65. The quantitative estimate of drug-likeness (QED) is 0.766. The highest BCUT2D eigenvalue weighted by Gasteiger charge is 2.40. The van der Waals surface area contributed by atoms with Crippen LogP contribution in [0, 0.1) is 0 Å². The van der Waals surface area contributed by atoms with E-state index >= 15 is 0 Å². The Morgan fingerprint density at radius 1 is 1.41 bits per heavy atom. The van der Waals surface area contributed by atoms with Gasteiger partial charge in [0.1, 0.15) is 12.3 Å². The molecule has 1 saturated heterocycles. The highest BCUT2D eigenvalue weighted by Crippen LogP contribution is 2.41. The molecule has 0 aromatic carbocycles. The van der Waals surface area contributed by atoms with Crippen LogP contribution in [0.15, 0.2) is 0 Å². The Balaban J connectivity index is 2.50. The zero-order valence-corrected chi connectivity index (χ0v) is 12.2. The minimum Gasteiger partial charge on any atom is -0.432 e. The molecule has 0 bridgehead atoms. The summed E-state index contributed by atoms with van der Waals surface area (Å²) >= 11 is 0. The van der Waals surface area contributed by atoms with Gasteiger partial charge in [-0.05, 0) is 31.0 Å². The van der Waals surface area contributed by atoms with Crippen LogP contribution in [0.4, 0.5) is 4.39 Å². The summed E-state index contributed by atoms with van der Waals surface area (Å²) in [6, 6.07) is 0. The van der Waals surface area contributed by atoms with Crippen LogP contribution in [-0.2, 0) is 4.74 Å². The number of halogens is 1. The molecule has 1 aliphatic heterocycles. The molecule has 1 fully saturated rings. The Kier molecular flexibility index (Phi) is 4.74. The second-order valence-electron chi connectivity index (χ2n) is 6.19. The van der Waals surface area contributed by atoms with Crippen LogP contribution in [0.25, 0.3) is 0 Å². The molecular formula is C12H25FO3Si. The highest BCUT2D eigenvalue weighted by atomic mass is 28.4.